The number of hydrogen-bond acceptors (Lipinski definition) is 3. The van der Waals surface area contributed by atoms with Gasteiger partial charge in [0.1, 0.15) is 5.69 Å². The zero-order chi connectivity index (χ0) is 20.7. The highest BCUT2D eigenvalue weighted by Crippen LogP contribution is 2.22. The molecule has 0 aliphatic rings. The van der Waals surface area contributed by atoms with Gasteiger partial charge >= 0.3 is 5.97 Å². The normalized spacial score (nSPS) is 11.8. The highest BCUT2D eigenvalue weighted by atomic mass is 16.4. The third-order valence-corrected chi connectivity index (χ3v) is 4.74. The summed E-state index contributed by atoms with van der Waals surface area (Å²) >= 11 is 0. The lowest BCUT2D eigenvalue weighted by Gasteiger charge is -2.18. The summed E-state index contributed by atoms with van der Waals surface area (Å²) in [6.45, 7) is 5.29. The molecule has 1 amide bonds. The van der Waals surface area contributed by atoms with Crippen molar-refractivity contribution in [3.8, 4) is 0 Å². The Bertz CT molecular complexity index is 840. The van der Waals surface area contributed by atoms with Crippen molar-refractivity contribution in [2.24, 2.45) is 0 Å². The number of Topliss-reactive ketones (excluding diaryl/α,β-unsaturated/α-hetero) is 1. The highest BCUT2D eigenvalue weighted by Gasteiger charge is 2.24. The summed E-state index contributed by atoms with van der Waals surface area (Å²) in [4.78, 5) is 39.1. The molecule has 0 fully saturated rings. The Morgan fingerprint density at radius 1 is 1.18 bits per heavy atom. The lowest BCUT2D eigenvalue weighted by atomic mass is 9.99. The van der Waals surface area contributed by atoms with Crippen LogP contribution in [0.3, 0.4) is 0 Å². The van der Waals surface area contributed by atoms with Crippen LogP contribution < -0.4 is 5.32 Å². The summed E-state index contributed by atoms with van der Waals surface area (Å²) in [5.74, 6) is -1.26. The molecular formula is C22H28N2O4. The summed E-state index contributed by atoms with van der Waals surface area (Å²) in [6.07, 6.45) is 2.29. The SMILES string of the molecule is CCCc1c(C(=O)NC(CCC(=O)O)Cc2ccccc2)[nH]c(C)c1C(C)=O. The Balaban J connectivity index is 2.25. The number of carbonyl (C=O) groups is 3. The molecule has 0 radical (unpaired) electrons. The number of carbonyl (C=O) groups excluding carboxylic acids is 2. The maximum absolute atomic E-state index is 13.0. The minimum absolute atomic E-state index is 0.0257. The van der Waals surface area contributed by atoms with E-state index < -0.39 is 5.97 Å². The lowest BCUT2D eigenvalue weighted by Crippen LogP contribution is -2.37. The first kappa shape index (κ1) is 21.4. The van der Waals surface area contributed by atoms with E-state index in [2.05, 4.69) is 10.3 Å². The van der Waals surface area contributed by atoms with E-state index in [1.54, 1.807) is 6.92 Å². The Labute approximate surface area is 165 Å². The van der Waals surface area contributed by atoms with Crippen LogP contribution in [0, 0.1) is 6.92 Å². The predicted octanol–water partition coefficient (Wildman–Crippen LogP) is 3.68. The molecule has 0 bridgehead atoms. The fourth-order valence-electron chi connectivity index (χ4n) is 3.53. The minimum Gasteiger partial charge on any atom is -0.481 e. The van der Waals surface area contributed by atoms with Crippen LogP contribution in [0.2, 0.25) is 0 Å². The number of hydrogen-bond donors (Lipinski definition) is 3. The summed E-state index contributed by atoms with van der Waals surface area (Å²) in [6, 6.07) is 9.33. The standard InChI is InChI=1S/C22H28N2O4/c1-4-8-18-20(15(3)25)14(2)23-21(18)22(28)24-17(11-12-19(26)27)13-16-9-6-5-7-10-16/h5-7,9-10,17,23H,4,8,11-13H2,1-3H3,(H,24,28)(H,26,27). The second kappa shape index (κ2) is 9.88. The molecule has 0 spiro atoms. The van der Waals surface area contributed by atoms with Crippen LogP contribution in [0.4, 0.5) is 0 Å². The number of amides is 1. The van der Waals surface area contributed by atoms with Gasteiger partial charge in [-0.1, -0.05) is 43.7 Å². The van der Waals surface area contributed by atoms with E-state index in [4.69, 9.17) is 5.11 Å². The van der Waals surface area contributed by atoms with Gasteiger partial charge in [0.05, 0.1) is 0 Å². The Kier molecular flexibility index (Phi) is 7.55. The van der Waals surface area contributed by atoms with Crippen molar-refractivity contribution >= 4 is 17.7 Å². The monoisotopic (exact) mass is 384 g/mol. The lowest BCUT2D eigenvalue weighted by molar-refractivity contribution is -0.137. The van der Waals surface area contributed by atoms with Gasteiger partial charge in [0, 0.05) is 23.7 Å². The molecule has 28 heavy (non-hydrogen) atoms. The Morgan fingerprint density at radius 2 is 1.86 bits per heavy atom. The number of carboxylic acids is 1. The molecule has 1 heterocycles. The maximum atomic E-state index is 13.0. The zero-order valence-corrected chi connectivity index (χ0v) is 16.7. The highest BCUT2D eigenvalue weighted by molar-refractivity contribution is 6.02. The number of rotatable bonds is 10. The largest absolute Gasteiger partial charge is 0.481 e. The molecule has 0 saturated carbocycles. The quantitative estimate of drug-likeness (QED) is 0.544. The summed E-state index contributed by atoms with van der Waals surface area (Å²) in [5, 5.41) is 12.0. The number of ketones is 1. The first-order chi connectivity index (χ1) is 13.3. The molecule has 150 valence electrons. The molecule has 6 nitrogen and oxygen atoms in total. The third-order valence-electron chi connectivity index (χ3n) is 4.74. The van der Waals surface area contributed by atoms with Crippen molar-refractivity contribution in [2.45, 2.75) is 58.9 Å². The minimum atomic E-state index is -0.895. The summed E-state index contributed by atoms with van der Waals surface area (Å²) < 4.78 is 0. The fraction of sp³-hybridized carbons (Fsp3) is 0.409. The number of carboxylic acid groups (broad SMARTS) is 1. The van der Waals surface area contributed by atoms with Crippen LogP contribution in [0.5, 0.6) is 0 Å². The van der Waals surface area contributed by atoms with Crippen LogP contribution in [-0.4, -0.2) is 33.8 Å². The van der Waals surface area contributed by atoms with Gasteiger partial charge in [0.25, 0.3) is 5.91 Å². The first-order valence-electron chi connectivity index (χ1n) is 9.62. The van der Waals surface area contributed by atoms with Gasteiger partial charge in [0.2, 0.25) is 0 Å². The van der Waals surface area contributed by atoms with Crippen molar-refractivity contribution in [3.05, 3.63) is 58.4 Å². The number of nitrogens with one attached hydrogen (secondary N) is 2. The van der Waals surface area contributed by atoms with Crippen molar-refractivity contribution in [3.63, 3.8) is 0 Å². The van der Waals surface area contributed by atoms with Crippen molar-refractivity contribution in [1.82, 2.24) is 10.3 Å². The van der Waals surface area contributed by atoms with Gasteiger partial charge < -0.3 is 15.4 Å². The Hall–Kier alpha value is -2.89. The first-order valence-corrected chi connectivity index (χ1v) is 9.62. The molecule has 1 unspecified atom stereocenters. The molecule has 6 heteroatoms. The van der Waals surface area contributed by atoms with Gasteiger partial charge in [-0.15, -0.1) is 0 Å². The number of aromatic nitrogens is 1. The van der Waals surface area contributed by atoms with E-state index in [9.17, 15) is 14.4 Å². The van der Waals surface area contributed by atoms with Crippen LogP contribution in [0.1, 0.15) is 70.8 Å². The van der Waals surface area contributed by atoms with E-state index >= 15 is 0 Å². The predicted molar refractivity (Wildman–Crippen MR) is 108 cm³/mol. The molecule has 1 aromatic carbocycles. The molecule has 0 aliphatic heterocycles. The molecule has 0 aliphatic carbocycles. The molecule has 1 aromatic heterocycles. The maximum Gasteiger partial charge on any atom is 0.303 e. The molecule has 3 N–H and O–H groups in total. The van der Waals surface area contributed by atoms with E-state index in [0.29, 0.717) is 36.2 Å². The molecule has 0 saturated heterocycles. The summed E-state index contributed by atoms with van der Waals surface area (Å²) in [7, 11) is 0. The number of H-pyrrole nitrogens is 1. The van der Waals surface area contributed by atoms with Crippen LogP contribution in [-0.2, 0) is 17.6 Å². The number of aromatic amines is 1. The molecule has 2 aromatic rings. The fourth-order valence-corrected chi connectivity index (χ4v) is 3.53. The van der Waals surface area contributed by atoms with Crippen molar-refractivity contribution in [2.75, 3.05) is 0 Å². The number of benzene rings is 1. The van der Waals surface area contributed by atoms with E-state index in [-0.39, 0.29) is 24.2 Å². The van der Waals surface area contributed by atoms with Crippen molar-refractivity contribution < 1.29 is 19.5 Å². The Morgan fingerprint density at radius 3 is 2.43 bits per heavy atom. The van der Waals surface area contributed by atoms with Crippen LogP contribution >= 0.6 is 0 Å². The van der Waals surface area contributed by atoms with Crippen molar-refractivity contribution in [1.29, 1.82) is 0 Å². The van der Waals surface area contributed by atoms with Crippen LogP contribution in [0.25, 0.3) is 0 Å². The van der Waals surface area contributed by atoms with Gasteiger partial charge in [-0.2, -0.15) is 0 Å². The van der Waals surface area contributed by atoms with E-state index in [1.807, 2.05) is 37.3 Å². The van der Waals surface area contributed by atoms with E-state index in [1.165, 1.54) is 6.92 Å². The number of aliphatic carboxylic acids is 1. The smallest absolute Gasteiger partial charge is 0.303 e. The zero-order valence-electron chi connectivity index (χ0n) is 16.7. The van der Waals surface area contributed by atoms with Gasteiger partial charge in [-0.25, -0.2) is 0 Å². The molecule has 1 atom stereocenters. The average molecular weight is 384 g/mol. The molecular weight excluding hydrogens is 356 g/mol. The number of aryl methyl sites for hydroxylation is 1. The van der Waals surface area contributed by atoms with Gasteiger partial charge in [-0.3, -0.25) is 14.4 Å². The van der Waals surface area contributed by atoms with Gasteiger partial charge in [0.15, 0.2) is 5.78 Å². The molecule has 2 rings (SSSR count). The third kappa shape index (κ3) is 5.55. The second-order valence-corrected chi connectivity index (χ2v) is 7.08. The van der Waals surface area contributed by atoms with E-state index in [0.717, 1.165) is 17.5 Å². The van der Waals surface area contributed by atoms with Crippen LogP contribution in [0.15, 0.2) is 30.3 Å². The topological polar surface area (TPSA) is 99.3 Å². The average Bonchev–Trinajstić information content (AvgIpc) is 2.97. The second-order valence-electron chi connectivity index (χ2n) is 7.08. The van der Waals surface area contributed by atoms with Gasteiger partial charge in [-0.05, 0) is 44.2 Å². The summed E-state index contributed by atoms with van der Waals surface area (Å²) in [5.41, 5.74) is 3.43.